The molecule has 0 unspecified atom stereocenters. The number of aliphatic hydroxyl groups excluding tert-OH is 1. The third-order valence-corrected chi connectivity index (χ3v) is 6.29. The summed E-state index contributed by atoms with van der Waals surface area (Å²) in [7, 11) is 0. The molecular weight excluding hydrogens is 627 g/mol. The number of hydrogen-bond acceptors (Lipinski definition) is 4. The number of aromatic nitrogens is 1. The molecule has 36 heavy (non-hydrogen) atoms. The fourth-order valence-electron chi connectivity index (χ4n) is 4.81. The predicted molar refractivity (Wildman–Crippen MR) is 145 cm³/mol. The van der Waals surface area contributed by atoms with Gasteiger partial charge in [0, 0.05) is 42.5 Å². The Kier molecular flexibility index (Phi) is 7.67. The molecule has 5 aromatic rings. The zero-order valence-electron chi connectivity index (χ0n) is 20.7. The molecule has 1 aliphatic heterocycles. The van der Waals surface area contributed by atoms with Gasteiger partial charge >= 0.3 is 0 Å². The number of anilines is 1. The Labute approximate surface area is 225 Å². The molecule has 3 aromatic carbocycles. The third kappa shape index (κ3) is 4.71. The van der Waals surface area contributed by atoms with Gasteiger partial charge in [-0.25, -0.2) is 0 Å². The molecule has 0 saturated heterocycles. The van der Waals surface area contributed by atoms with Crippen LogP contribution in [0.15, 0.2) is 78.8 Å². The molecule has 0 aliphatic carbocycles. The van der Waals surface area contributed by atoms with E-state index in [4.69, 9.17) is 5.11 Å². The van der Waals surface area contributed by atoms with Crippen LogP contribution in [0.3, 0.4) is 0 Å². The van der Waals surface area contributed by atoms with Crippen LogP contribution >= 0.6 is 0 Å². The van der Waals surface area contributed by atoms with Crippen LogP contribution in [0.25, 0.3) is 38.1 Å². The van der Waals surface area contributed by atoms with E-state index in [1.165, 1.54) is 70.9 Å². The van der Waals surface area contributed by atoms with Gasteiger partial charge in [-0.2, -0.15) is 18.8 Å². The molecule has 2 aromatic heterocycles. The number of benzene rings is 3. The van der Waals surface area contributed by atoms with Crippen molar-refractivity contribution in [2.24, 2.45) is 0 Å². The summed E-state index contributed by atoms with van der Waals surface area (Å²) in [5, 5.41) is 13.6. The summed E-state index contributed by atoms with van der Waals surface area (Å²) in [6, 6.07) is 23.2. The number of para-hydroxylation sites is 2. The number of hydrogen-bond donors (Lipinski definition) is 1. The molecule has 1 radical (unpaired) electrons. The number of rotatable bonds is 5. The molecule has 187 valence electrons. The van der Waals surface area contributed by atoms with Crippen molar-refractivity contribution in [2.45, 2.75) is 33.6 Å². The van der Waals surface area contributed by atoms with Gasteiger partial charge in [-0.15, -0.1) is 17.1 Å². The topological polar surface area (TPSA) is 48.2 Å². The van der Waals surface area contributed by atoms with Crippen molar-refractivity contribution < 1.29 is 30.0 Å². The van der Waals surface area contributed by atoms with Crippen LogP contribution in [-0.2, 0) is 24.9 Å². The Bertz CT molecular complexity index is 1580. The SMILES string of the molecule is CC(=O)/C=C(/C)O.CCCCN1C=CN(c2[c-]cc3c4cccc5c6ccccc6n(c3c2)c54)[CH-]1.[Ir]. The fraction of sp³-hybridized carbons (Fsp3) is 0.200. The van der Waals surface area contributed by atoms with E-state index in [2.05, 4.69) is 101 Å². The first-order chi connectivity index (χ1) is 17.0. The van der Waals surface area contributed by atoms with Crippen LogP contribution in [-0.4, -0.2) is 26.7 Å². The minimum atomic E-state index is -0.125. The summed E-state index contributed by atoms with van der Waals surface area (Å²) in [6.07, 6.45) is 7.84. The molecule has 6 heteroatoms. The van der Waals surface area contributed by atoms with Crippen molar-refractivity contribution in [1.82, 2.24) is 9.30 Å². The van der Waals surface area contributed by atoms with E-state index in [-0.39, 0.29) is 31.6 Å². The van der Waals surface area contributed by atoms with E-state index in [0.717, 1.165) is 12.2 Å². The zero-order chi connectivity index (χ0) is 24.5. The van der Waals surface area contributed by atoms with Crippen molar-refractivity contribution in [2.75, 3.05) is 11.4 Å². The summed E-state index contributed by atoms with van der Waals surface area (Å²) >= 11 is 0. The van der Waals surface area contributed by atoms with Gasteiger partial charge in [-0.05, 0) is 50.7 Å². The molecule has 1 N–H and O–H groups in total. The first-order valence-corrected chi connectivity index (χ1v) is 12.0. The molecular formula is C30H29IrN3O2-2. The summed E-state index contributed by atoms with van der Waals surface area (Å²) < 4.78 is 2.42. The second-order valence-electron chi connectivity index (χ2n) is 8.98. The van der Waals surface area contributed by atoms with E-state index < -0.39 is 0 Å². The van der Waals surface area contributed by atoms with Crippen LogP contribution < -0.4 is 4.90 Å². The van der Waals surface area contributed by atoms with E-state index in [1.54, 1.807) is 0 Å². The number of carbonyl (C=O) groups is 1. The monoisotopic (exact) mass is 656 g/mol. The van der Waals surface area contributed by atoms with Gasteiger partial charge < -0.3 is 19.3 Å². The number of allylic oxidation sites excluding steroid dienone is 2. The number of nitrogens with zero attached hydrogens (tertiary/aromatic N) is 3. The second-order valence-corrected chi connectivity index (χ2v) is 8.98. The van der Waals surface area contributed by atoms with Crippen molar-refractivity contribution in [3.63, 3.8) is 0 Å². The molecule has 1 aliphatic rings. The van der Waals surface area contributed by atoms with Crippen molar-refractivity contribution in [3.05, 3.63) is 91.6 Å². The molecule has 0 bridgehead atoms. The normalized spacial score (nSPS) is 13.6. The Morgan fingerprint density at radius 2 is 1.72 bits per heavy atom. The maximum Gasteiger partial charge on any atom is 0.155 e. The minimum Gasteiger partial charge on any atom is -0.512 e. The van der Waals surface area contributed by atoms with Crippen molar-refractivity contribution in [3.8, 4) is 0 Å². The zero-order valence-corrected chi connectivity index (χ0v) is 23.1. The predicted octanol–water partition coefficient (Wildman–Crippen LogP) is 7.18. The number of aliphatic hydroxyl groups is 1. The summed E-state index contributed by atoms with van der Waals surface area (Å²) in [6.45, 7) is 8.30. The fourth-order valence-corrected chi connectivity index (χ4v) is 4.81. The number of fused-ring (bicyclic) bond motifs is 6. The number of unbranched alkanes of at least 4 members (excludes halogenated alkanes) is 1. The minimum absolute atomic E-state index is 0. The van der Waals surface area contributed by atoms with Crippen LogP contribution in [0.5, 0.6) is 0 Å². The van der Waals surface area contributed by atoms with Gasteiger partial charge in [0.15, 0.2) is 5.78 Å². The summed E-state index contributed by atoms with van der Waals surface area (Å²) in [5.74, 6) is -0.0625. The van der Waals surface area contributed by atoms with Gasteiger partial charge in [-0.3, -0.25) is 4.79 Å². The van der Waals surface area contributed by atoms with Gasteiger partial charge in [0.1, 0.15) is 0 Å². The second kappa shape index (κ2) is 10.7. The van der Waals surface area contributed by atoms with E-state index in [9.17, 15) is 4.79 Å². The van der Waals surface area contributed by atoms with Crippen LogP contribution in [0, 0.1) is 12.7 Å². The van der Waals surface area contributed by atoms with Gasteiger partial charge in [0.25, 0.3) is 0 Å². The van der Waals surface area contributed by atoms with Crippen molar-refractivity contribution in [1.29, 1.82) is 0 Å². The molecule has 0 fully saturated rings. The van der Waals surface area contributed by atoms with Crippen LogP contribution in [0.2, 0.25) is 0 Å². The average molecular weight is 656 g/mol. The van der Waals surface area contributed by atoms with Gasteiger partial charge in [0.2, 0.25) is 0 Å². The van der Waals surface area contributed by atoms with Crippen LogP contribution in [0.4, 0.5) is 5.69 Å². The Balaban J connectivity index is 0.000000338. The molecule has 6 rings (SSSR count). The molecule has 0 spiro atoms. The Morgan fingerprint density at radius 1 is 1.00 bits per heavy atom. The smallest absolute Gasteiger partial charge is 0.155 e. The van der Waals surface area contributed by atoms with Crippen molar-refractivity contribution >= 4 is 49.6 Å². The van der Waals surface area contributed by atoms with E-state index >= 15 is 0 Å². The molecule has 0 amide bonds. The number of carbonyl (C=O) groups excluding carboxylic acids is 1. The molecule has 3 heterocycles. The quantitative estimate of drug-likeness (QED) is 0.124. The first-order valence-electron chi connectivity index (χ1n) is 12.0. The van der Waals surface area contributed by atoms with E-state index in [1.807, 2.05) is 0 Å². The van der Waals surface area contributed by atoms with Gasteiger partial charge in [-0.1, -0.05) is 55.3 Å². The van der Waals surface area contributed by atoms with Crippen LogP contribution in [0.1, 0.15) is 33.6 Å². The molecule has 0 saturated carbocycles. The third-order valence-electron chi connectivity index (χ3n) is 6.29. The number of ketones is 1. The molecule has 5 nitrogen and oxygen atoms in total. The first kappa shape index (κ1) is 25.7. The Hall–Kier alpha value is -3.34. The summed E-state index contributed by atoms with van der Waals surface area (Å²) in [5.41, 5.74) is 4.91. The van der Waals surface area contributed by atoms with Gasteiger partial charge in [0.05, 0.1) is 11.3 Å². The molecule has 0 atom stereocenters. The largest absolute Gasteiger partial charge is 0.512 e. The standard InChI is InChI=1S/C25H21N3.C5H8O2.Ir/c1-2-3-13-26-14-15-27(17-26)18-11-12-20-22-9-6-8-21-19-7-4-5-10-23(19)28(25(21)22)24(20)16-18;1-4(6)3-5(2)7;/h4-10,12,14-17H,2-3,13H2,1H3;3,6H,1-2H3;/q-2;;/b;4-3-;. The average Bonchev–Trinajstić information content (AvgIpc) is 3.53. The van der Waals surface area contributed by atoms with E-state index in [0.29, 0.717) is 0 Å². The Morgan fingerprint density at radius 3 is 2.42 bits per heavy atom. The maximum absolute atomic E-state index is 10.0. The maximum atomic E-state index is 10.0. The summed E-state index contributed by atoms with van der Waals surface area (Å²) in [4.78, 5) is 14.4.